The zero-order chi connectivity index (χ0) is 41.1. The summed E-state index contributed by atoms with van der Waals surface area (Å²) in [4.78, 5) is 52.4. The first-order chi connectivity index (χ1) is 26.0. The number of ether oxygens (including phenoxy) is 3. The second-order valence-electron chi connectivity index (χ2n) is 21.4. The van der Waals surface area contributed by atoms with E-state index in [1.165, 1.54) is 12.5 Å². The van der Waals surface area contributed by atoms with Gasteiger partial charge in [-0.05, 0) is 116 Å². The lowest BCUT2D eigenvalue weighted by molar-refractivity contribution is -0.870. The zero-order valence-electron chi connectivity index (χ0n) is 36.4. The van der Waals surface area contributed by atoms with E-state index in [-0.39, 0.29) is 75.3 Å². The molecule has 2 unspecified atom stereocenters. The van der Waals surface area contributed by atoms with Crippen LogP contribution in [0.4, 0.5) is 0 Å². The SMILES string of the molecule is CC(=O)NCCOC(=O)c1ccccc1C(=O)OC1CC[C@]2(C)[C@H]3CC=C4C5CC(C)(C)CC[C@]5(C(=O)OCC[N+](C)(C)C)CC[C@@]4(C)[C@]3(C)CC[C@H]2C1(C)C. The van der Waals surface area contributed by atoms with E-state index in [2.05, 4.69) is 81.0 Å². The van der Waals surface area contributed by atoms with Crippen LogP contribution >= 0.6 is 0 Å². The van der Waals surface area contributed by atoms with E-state index in [1.54, 1.807) is 24.3 Å². The fourth-order valence-electron chi connectivity index (χ4n) is 12.8. The van der Waals surface area contributed by atoms with Gasteiger partial charge in [0.1, 0.15) is 25.9 Å². The van der Waals surface area contributed by atoms with Crippen LogP contribution in [-0.4, -0.2) is 81.8 Å². The van der Waals surface area contributed by atoms with Gasteiger partial charge in [0.15, 0.2) is 0 Å². The number of carbonyl (C=O) groups excluding carboxylic acids is 4. The lowest BCUT2D eigenvalue weighted by atomic mass is 9.33. The third kappa shape index (κ3) is 7.36. The molecule has 1 N–H and O–H groups in total. The maximum atomic E-state index is 14.3. The van der Waals surface area contributed by atoms with Crippen molar-refractivity contribution in [2.45, 2.75) is 126 Å². The summed E-state index contributed by atoms with van der Waals surface area (Å²) in [7, 11) is 6.43. The predicted octanol–water partition coefficient (Wildman–Crippen LogP) is 8.56. The highest BCUT2D eigenvalue weighted by Gasteiger charge is 2.69. The van der Waals surface area contributed by atoms with Crippen molar-refractivity contribution in [3.8, 4) is 0 Å². The van der Waals surface area contributed by atoms with E-state index < -0.39 is 17.4 Å². The average molecular weight is 776 g/mol. The van der Waals surface area contributed by atoms with Gasteiger partial charge in [0.05, 0.1) is 44.2 Å². The average Bonchev–Trinajstić information content (AvgIpc) is 3.10. The van der Waals surface area contributed by atoms with E-state index in [1.807, 2.05) is 0 Å². The number of carbonyl (C=O) groups is 4. The fourth-order valence-corrected chi connectivity index (χ4v) is 12.8. The summed E-state index contributed by atoms with van der Waals surface area (Å²) in [6, 6.07) is 6.66. The molecule has 5 aliphatic rings. The number of hydrogen-bond acceptors (Lipinski definition) is 7. The minimum atomic E-state index is -0.614. The highest BCUT2D eigenvalue weighted by atomic mass is 16.5. The van der Waals surface area contributed by atoms with Gasteiger partial charge in [0, 0.05) is 12.3 Å². The Labute approximate surface area is 336 Å². The molecule has 0 heterocycles. The number of esters is 3. The van der Waals surface area contributed by atoms with Crippen molar-refractivity contribution in [3.05, 3.63) is 47.0 Å². The van der Waals surface area contributed by atoms with E-state index in [0.717, 1.165) is 75.2 Å². The van der Waals surface area contributed by atoms with Crippen LogP contribution < -0.4 is 5.32 Å². The van der Waals surface area contributed by atoms with Crippen molar-refractivity contribution < 1.29 is 37.9 Å². The highest BCUT2D eigenvalue weighted by molar-refractivity contribution is 6.03. The van der Waals surface area contributed by atoms with Crippen LogP contribution in [0.1, 0.15) is 140 Å². The summed E-state index contributed by atoms with van der Waals surface area (Å²) in [5.41, 5.74) is 1.46. The summed E-state index contributed by atoms with van der Waals surface area (Å²) in [6.07, 6.45) is 12.1. The molecule has 1 amide bonds. The van der Waals surface area contributed by atoms with Gasteiger partial charge in [0.25, 0.3) is 0 Å². The quantitative estimate of drug-likeness (QED) is 0.0835. The van der Waals surface area contributed by atoms with Gasteiger partial charge in [-0.25, -0.2) is 9.59 Å². The topological polar surface area (TPSA) is 108 Å². The van der Waals surface area contributed by atoms with Crippen LogP contribution in [0.25, 0.3) is 0 Å². The predicted molar refractivity (Wildman–Crippen MR) is 218 cm³/mol. The van der Waals surface area contributed by atoms with E-state index in [0.29, 0.717) is 18.4 Å². The Hall–Kier alpha value is -3.20. The molecule has 5 aliphatic carbocycles. The van der Waals surface area contributed by atoms with Crippen LogP contribution in [0.5, 0.6) is 0 Å². The first-order valence-corrected chi connectivity index (χ1v) is 21.4. The number of quaternary nitrogens is 1. The molecule has 0 spiro atoms. The van der Waals surface area contributed by atoms with Crippen molar-refractivity contribution in [2.75, 3.05) is 47.4 Å². The first-order valence-electron chi connectivity index (χ1n) is 21.4. The summed E-state index contributed by atoms with van der Waals surface area (Å²) < 4.78 is 18.8. The van der Waals surface area contributed by atoms with Crippen LogP contribution in [-0.2, 0) is 23.8 Å². The second kappa shape index (κ2) is 14.9. The number of nitrogens with zero attached hydrogens (tertiary/aromatic N) is 1. The largest absolute Gasteiger partial charge is 0.460 e. The number of amides is 1. The minimum Gasteiger partial charge on any atom is -0.460 e. The molecule has 0 saturated heterocycles. The fraction of sp³-hybridized carbons (Fsp3) is 0.745. The van der Waals surface area contributed by atoms with Gasteiger partial charge in [0.2, 0.25) is 5.91 Å². The first kappa shape index (κ1) is 42.4. The molecule has 6 rings (SSSR count). The third-order valence-electron chi connectivity index (χ3n) is 16.3. The Kier molecular flexibility index (Phi) is 11.3. The Bertz CT molecular complexity index is 1740. The van der Waals surface area contributed by atoms with Gasteiger partial charge < -0.3 is 24.0 Å². The van der Waals surface area contributed by atoms with Gasteiger partial charge in [-0.2, -0.15) is 0 Å². The molecule has 4 saturated carbocycles. The normalized spacial score (nSPS) is 35.6. The Morgan fingerprint density at radius 2 is 1.45 bits per heavy atom. The Morgan fingerprint density at radius 1 is 0.786 bits per heavy atom. The van der Waals surface area contributed by atoms with Crippen molar-refractivity contribution >= 4 is 23.8 Å². The molecule has 4 fully saturated rings. The molecular weight excluding hydrogens is 705 g/mol. The van der Waals surface area contributed by atoms with Crippen LogP contribution in [0, 0.1) is 50.2 Å². The maximum absolute atomic E-state index is 14.3. The zero-order valence-corrected chi connectivity index (χ0v) is 36.4. The molecule has 56 heavy (non-hydrogen) atoms. The number of nitrogens with one attached hydrogen (secondary N) is 1. The van der Waals surface area contributed by atoms with Crippen LogP contribution in [0.2, 0.25) is 0 Å². The Balaban J connectivity index is 1.22. The molecule has 9 heteroatoms. The van der Waals surface area contributed by atoms with E-state index in [4.69, 9.17) is 14.2 Å². The standard InChI is InChI=1S/C47H70N2O7/c1-31(50)48-26-28-54-39(51)32-14-12-13-15-33(32)40(52)56-38-19-20-44(6)36(43(38,4)5)18-21-46(8)37(44)17-16-34-35-30-42(2,3)22-24-47(35,25-23-45(34,46)7)41(53)55-29-27-49(9,10)11/h12-16,35-38H,17-30H2,1-11H3/p+1/t35?,36-,37+,38?,44-,45+,46+,47-/m0/s1. The van der Waals surface area contributed by atoms with Crippen LogP contribution in [0.15, 0.2) is 35.9 Å². The number of hydrogen-bond donors (Lipinski definition) is 1. The molecule has 0 aromatic heterocycles. The summed E-state index contributed by atoms with van der Waals surface area (Å²) in [5, 5.41) is 2.61. The molecule has 310 valence electrons. The number of likely N-dealkylation sites (N-methyl/N-ethyl adjacent to an activating group) is 1. The molecular formula is C47H71N2O7+. The number of rotatable bonds is 10. The van der Waals surface area contributed by atoms with Gasteiger partial charge >= 0.3 is 17.9 Å². The second-order valence-corrected chi connectivity index (χ2v) is 21.4. The lowest BCUT2D eigenvalue weighted by Gasteiger charge is -2.71. The smallest absolute Gasteiger partial charge is 0.339 e. The van der Waals surface area contributed by atoms with Crippen molar-refractivity contribution in [1.82, 2.24) is 5.32 Å². The van der Waals surface area contributed by atoms with Gasteiger partial charge in [-0.3, -0.25) is 9.59 Å². The summed E-state index contributed by atoms with van der Waals surface area (Å²) in [6.45, 7) is 19.9. The molecule has 9 nitrogen and oxygen atoms in total. The summed E-state index contributed by atoms with van der Waals surface area (Å²) >= 11 is 0. The Morgan fingerprint density at radius 3 is 2.11 bits per heavy atom. The van der Waals surface area contributed by atoms with Crippen LogP contribution in [0.3, 0.4) is 0 Å². The van der Waals surface area contributed by atoms with Gasteiger partial charge in [-0.15, -0.1) is 0 Å². The van der Waals surface area contributed by atoms with E-state index >= 15 is 0 Å². The third-order valence-corrected chi connectivity index (χ3v) is 16.3. The number of fused-ring (bicyclic) bond motifs is 7. The molecule has 1 aromatic carbocycles. The lowest BCUT2D eigenvalue weighted by Crippen LogP contribution is -2.65. The number of allylic oxidation sites excluding steroid dienone is 2. The molecule has 0 aliphatic heterocycles. The molecule has 8 atom stereocenters. The minimum absolute atomic E-state index is 0.0106. The summed E-state index contributed by atoms with van der Waals surface area (Å²) in [5.74, 6) is -0.269. The molecule has 1 aromatic rings. The highest BCUT2D eigenvalue weighted by Crippen LogP contribution is 2.76. The number of benzene rings is 1. The monoisotopic (exact) mass is 776 g/mol. The van der Waals surface area contributed by atoms with Gasteiger partial charge in [-0.1, -0.05) is 72.2 Å². The molecule has 0 radical (unpaired) electrons. The van der Waals surface area contributed by atoms with Crippen molar-refractivity contribution in [1.29, 1.82) is 0 Å². The maximum Gasteiger partial charge on any atom is 0.339 e. The van der Waals surface area contributed by atoms with E-state index in [9.17, 15) is 19.2 Å². The molecule has 0 bridgehead atoms. The van der Waals surface area contributed by atoms with Crippen molar-refractivity contribution in [3.63, 3.8) is 0 Å². The van der Waals surface area contributed by atoms with Crippen molar-refractivity contribution in [2.24, 2.45) is 50.2 Å².